The first-order valence-corrected chi connectivity index (χ1v) is 7.66. The van der Waals surface area contributed by atoms with Crippen LogP contribution in [0.5, 0.6) is 0 Å². The van der Waals surface area contributed by atoms with Crippen LogP contribution in [0.25, 0.3) is 0 Å². The summed E-state index contributed by atoms with van der Waals surface area (Å²) < 4.78 is 18.2. The third-order valence-corrected chi connectivity index (χ3v) is 3.92. The quantitative estimate of drug-likeness (QED) is 0.879. The van der Waals surface area contributed by atoms with Crippen molar-refractivity contribution in [1.82, 2.24) is 5.32 Å². The van der Waals surface area contributed by atoms with Gasteiger partial charge < -0.3 is 15.2 Å². The standard InChI is InChI=1S/C17H24FNO3/c1-16(2,3)22-15(20)19-14-8-10-17(21,11-9-14)12-4-6-13(18)7-5-12/h4-7,14,21H,8-11H2,1-3H3,(H,19,20). The van der Waals surface area contributed by atoms with Crippen molar-refractivity contribution in [2.75, 3.05) is 0 Å². The minimum atomic E-state index is -0.945. The number of ether oxygens (including phenoxy) is 1. The Bertz CT molecular complexity index is 514. The molecule has 1 aliphatic carbocycles. The largest absolute Gasteiger partial charge is 0.444 e. The SMILES string of the molecule is CC(C)(C)OC(=O)NC1CCC(O)(c2ccc(F)cc2)CC1. The number of amides is 1. The van der Waals surface area contributed by atoms with E-state index in [1.807, 2.05) is 20.8 Å². The van der Waals surface area contributed by atoms with Crippen LogP contribution in [0.15, 0.2) is 24.3 Å². The average molecular weight is 309 g/mol. The fraction of sp³-hybridized carbons (Fsp3) is 0.588. The molecule has 1 aromatic carbocycles. The summed E-state index contributed by atoms with van der Waals surface area (Å²) in [6, 6.07) is 5.96. The lowest BCUT2D eigenvalue weighted by Gasteiger charge is -2.36. The summed E-state index contributed by atoms with van der Waals surface area (Å²) in [5.74, 6) is -0.312. The summed E-state index contributed by atoms with van der Waals surface area (Å²) in [5, 5.41) is 13.5. The van der Waals surface area contributed by atoms with Crippen molar-refractivity contribution >= 4 is 6.09 Å². The van der Waals surface area contributed by atoms with Gasteiger partial charge in [0.25, 0.3) is 0 Å². The van der Waals surface area contributed by atoms with Gasteiger partial charge in [0.15, 0.2) is 0 Å². The van der Waals surface area contributed by atoms with Gasteiger partial charge in [-0.25, -0.2) is 9.18 Å². The minimum Gasteiger partial charge on any atom is -0.444 e. The van der Waals surface area contributed by atoms with Gasteiger partial charge in [0, 0.05) is 6.04 Å². The van der Waals surface area contributed by atoms with Crippen molar-refractivity contribution in [3.63, 3.8) is 0 Å². The molecule has 2 rings (SSSR count). The predicted molar refractivity (Wildman–Crippen MR) is 81.9 cm³/mol. The van der Waals surface area contributed by atoms with E-state index in [9.17, 15) is 14.3 Å². The molecule has 0 saturated heterocycles. The Morgan fingerprint density at radius 1 is 1.27 bits per heavy atom. The van der Waals surface area contributed by atoms with E-state index in [4.69, 9.17) is 4.74 Å². The van der Waals surface area contributed by atoms with Gasteiger partial charge in [-0.2, -0.15) is 0 Å². The number of carbonyl (C=O) groups is 1. The van der Waals surface area contributed by atoms with Gasteiger partial charge in [-0.15, -0.1) is 0 Å². The Morgan fingerprint density at radius 2 is 1.82 bits per heavy atom. The molecule has 0 heterocycles. The zero-order chi connectivity index (χ0) is 16.4. The highest BCUT2D eigenvalue weighted by molar-refractivity contribution is 5.68. The molecule has 0 radical (unpaired) electrons. The van der Waals surface area contributed by atoms with E-state index < -0.39 is 17.3 Å². The van der Waals surface area contributed by atoms with E-state index in [0.29, 0.717) is 25.7 Å². The smallest absolute Gasteiger partial charge is 0.407 e. The van der Waals surface area contributed by atoms with Crippen LogP contribution in [-0.2, 0) is 10.3 Å². The highest BCUT2D eigenvalue weighted by atomic mass is 19.1. The Balaban J connectivity index is 1.90. The maximum atomic E-state index is 13.0. The van der Waals surface area contributed by atoms with E-state index in [2.05, 4.69) is 5.32 Å². The summed E-state index contributed by atoms with van der Waals surface area (Å²) in [7, 11) is 0. The molecule has 4 nitrogen and oxygen atoms in total. The summed E-state index contributed by atoms with van der Waals surface area (Å²) >= 11 is 0. The summed E-state index contributed by atoms with van der Waals surface area (Å²) in [4.78, 5) is 11.8. The summed E-state index contributed by atoms with van der Waals surface area (Å²) in [6.07, 6.45) is 1.95. The highest BCUT2D eigenvalue weighted by Crippen LogP contribution is 2.37. The average Bonchev–Trinajstić information content (AvgIpc) is 2.40. The molecule has 0 aromatic heterocycles. The van der Waals surface area contributed by atoms with Gasteiger partial charge in [-0.1, -0.05) is 12.1 Å². The van der Waals surface area contributed by atoms with E-state index in [-0.39, 0.29) is 11.9 Å². The topological polar surface area (TPSA) is 58.6 Å². The van der Waals surface area contributed by atoms with Crippen LogP contribution in [0.4, 0.5) is 9.18 Å². The Kier molecular flexibility index (Phi) is 4.75. The molecule has 122 valence electrons. The molecule has 1 fully saturated rings. The van der Waals surface area contributed by atoms with Crippen LogP contribution in [0.3, 0.4) is 0 Å². The molecule has 0 atom stereocenters. The molecule has 1 saturated carbocycles. The number of carbonyl (C=O) groups excluding carboxylic acids is 1. The summed E-state index contributed by atoms with van der Waals surface area (Å²) in [6.45, 7) is 5.46. The van der Waals surface area contributed by atoms with E-state index in [0.717, 1.165) is 5.56 Å². The minimum absolute atomic E-state index is 0.00410. The van der Waals surface area contributed by atoms with Gasteiger partial charge in [-0.05, 0) is 64.2 Å². The molecule has 1 aromatic rings. The molecule has 1 aliphatic rings. The number of nitrogens with one attached hydrogen (secondary N) is 1. The number of halogens is 1. The van der Waals surface area contributed by atoms with Crippen molar-refractivity contribution in [3.8, 4) is 0 Å². The lowest BCUT2D eigenvalue weighted by atomic mass is 9.78. The van der Waals surface area contributed by atoms with Crippen LogP contribution in [0, 0.1) is 5.82 Å². The first-order chi connectivity index (χ1) is 10.2. The Hall–Kier alpha value is -1.62. The zero-order valence-corrected chi connectivity index (χ0v) is 13.4. The number of benzene rings is 1. The molecule has 0 aliphatic heterocycles. The van der Waals surface area contributed by atoms with Crippen molar-refractivity contribution in [3.05, 3.63) is 35.6 Å². The van der Waals surface area contributed by atoms with Crippen molar-refractivity contribution < 1.29 is 19.0 Å². The molecule has 0 unspecified atom stereocenters. The predicted octanol–water partition coefficient (Wildman–Crippen LogP) is 3.48. The van der Waals surface area contributed by atoms with Gasteiger partial charge >= 0.3 is 6.09 Å². The van der Waals surface area contributed by atoms with Gasteiger partial charge in [0.2, 0.25) is 0 Å². The highest BCUT2D eigenvalue weighted by Gasteiger charge is 2.35. The molecule has 0 spiro atoms. The number of alkyl carbamates (subject to hydrolysis) is 1. The normalized spacial score (nSPS) is 25.6. The zero-order valence-electron chi connectivity index (χ0n) is 13.4. The van der Waals surface area contributed by atoms with Crippen LogP contribution in [-0.4, -0.2) is 22.8 Å². The molecule has 22 heavy (non-hydrogen) atoms. The molecule has 1 amide bonds. The second-order valence-electron chi connectivity index (χ2n) is 6.96. The molecular weight excluding hydrogens is 285 g/mol. The third kappa shape index (κ3) is 4.44. The number of hydrogen-bond donors (Lipinski definition) is 2. The number of hydrogen-bond acceptors (Lipinski definition) is 3. The molecule has 2 N–H and O–H groups in total. The van der Waals surface area contributed by atoms with Crippen molar-refractivity contribution in [2.45, 2.75) is 63.7 Å². The van der Waals surface area contributed by atoms with Crippen LogP contribution in [0.1, 0.15) is 52.0 Å². The second-order valence-corrected chi connectivity index (χ2v) is 6.96. The fourth-order valence-electron chi connectivity index (χ4n) is 2.76. The Morgan fingerprint density at radius 3 is 2.32 bits per heavy atom. The lowest BCUT2D eigenvalue weighted by molar-refractivity contribution is -0.0107. The first kappa shape index (κ1) is 16.7. The third-order valence-electron chi connectivity index (χ3n) is 3.92. The number of aliphatic hydroxyl groups is 1. The number of rotatable bonds is 2. The molecule has 0 bridgehead atoms. The second kappa shape index (κ2) is 6.24. The van der Waals surface area contributed by atoms with Crippen molar-refractivity contribution in [2.24, 2.45) is 0 Å². The van der Waals surface area contributed by atoms with Gasteiger partial charge in [0.1, 0.15) is 11.4 Å². The van der Waals surface area contributed by atoms with Crippen LogP contribution < -0.4 is 5.32 Å². The monoisotopic (exact) mass is 309 g/mol. The van der Waals surface area contributed by atoms with Crippen LogP contribution >= 0.6 is 0 Å². The maximum absolute atomic E-state index is 13.0. The van der Waals surface area contributed by atoms with Gasteiger partial charge in [-0.3, -0.25) is 0 Å². The lowest BCUT2D eigenvalue weighted by Crippen LogP contribution is -2.44. The molecular formula is C17H24FNO3. The molecule has 5 heteroatoms. The fourth-order valence-corrected chi connectivity index (χ4v) is 2.76. The van der Waals surface area contributed by atoms with Crippen LogP contribution in [0.2, 0.25) is 0 Å². The Labute approximate surface area is 130 Å². The summed E-state index contributed by atoms with van der Waals surface area (Å²) in [5.41, 5.74) is -0.738. The van der Waals surface area contributed by atoms with Gasteiger partial charge in [0.05, 0.1) is 5.60 Å². The first-order valence-electron chi connectivity index (χ1n) is 7.66. The van der Waals surface area contributed by atoms with Crippen molar-refractivity contribution in [1.29, 1.82) is 0 Å². The van der Waals surface area contributed by atoms with E-state index in [1.54, 1.807) is 12.1 Å². The maximum Gasteiger partial charge on any atom is 0.407 e. The van der Waals surface area contributed by atoms with E-state index >= 15 is 0 Å². The van der Waals surface area contributed by atoms with E-state index in [1.165, 1.54) is 12.1 Å².